The van der Waals surface area contributed by atoms with Gasteiger partial charge in [0.2, 0.25) is 0 Å². The van der Waals surface area contributed by atoms with Gasteiger partial charge in [-0.15, -0.1) is 11.3 Å². The molecule has 3 heterocycles. The summed E-state index contributed by atoms with van der Waals surface area (Å²) in [5.74, 6) is 0.897. The summed E-state index contributed by atoms with van der Waals surface area (Å²) < 4.78 is 5.31. The van der Waals surface area contributed by atoms with Gasteiger partial charge >= 0.3 is 0 Å². The number of hydrogen-bond donors (Lipinski definition) is 1. The van der Waals surface area contributed by atoms with E-state index in [1.807, 2.05) is 29.5 Å². The van der Waals surface area contributed by atoms with E-state index in [1.165, 1.54) is 4.88 Å². The Labute approximate surface area is 141 Å². The van der Waals surface area contributed by atoms with Crippen LogP contribution in [0.5, 0.6) is 0 Å². The second-order valence-electron chi connectivity index (χ2n) is 5.89. The van der Waals surface area contributed by atoms with Crippen LogP contribution in [0.15, 0.2) is 46.4 Å². The van der Waals surface area contributed by atoms with Crippen molar-refractivity contribution in [2.24, 2.45) is 0 Å². The molecule has 0 aromatic carbocycles. The number of furan rings is 1. The Balaban J connectivity index is 1.53. The van der Waals surface area contributed by atoms with Crippen molar-refractivity contribution in [2.45, 2.75) is 19.0 Å². The highest BCUT2D eigenvalue weighted by atomic mass is 32.1. The first kappa shape index (κ1) is 16.5. The van der Waals surface area contributed by atoms with Crippen LogP contribution in [0.2, 0.25) is 0 Å². The zero-order chi connectivity index (χ0) is 15.9. The Kier molecular flexibility index (Phi) is 6.05. The molecule has 0 aliphatic carbocycles. The van der Waals surface area contributed by atoms with E-state index >= 15 is 0 Å². The van der Waals surface area contributed by atoms with Gasteiger partial charge in [-0.25, -0.2) is 0 Å². The van der Waals surface area contributed by atoms with Crippen molar-refractivity contribution in [3.05, 3.63) is 52.6 Å². The lowest BCUT2D eigenvalue weighted by molar-refractivity contribution is 0.0604. The van der Waals surface area contributed by atoms with Crippen molar-refractivity contribution < 1.29 is 9.52 Å². The molecule has 0 saturated carbocycles. The normalized spacial score (nSPS) is 20.5. The van der Waals surface area contributed by atoms with E-state index in [4.69, 9.17) is 4.42 Å². The van der Waals surface area contributed by atoms with Gasteiger partial charge in [-0.3, -0.25) is 9.80 Å². The molecule has 0 radical (unpaired) electrons. The van der Waals surface area contributed by atoms with Crippen molar-refractivity contribution in [1.29, 1.82) is 0 Å². The summed E-state index contributed by atoms with van der Waals surface area (Å²) in [6.45, 7) is 5.30. The minimum Gasteiger partial charge on any atom is -0.465 e. The molecule has 1 atom stereocenters. The van der Waals surface area contributed by atoms with Crippen LogP contribution in [0.25, 0.3) is 6.08 Å². The lowest BCUT2D eigenvalue weighted by atomic mass is 10.1. The molecule has 1 aliphatic heterocycles. The third-order valence-electron chi connectivity index (χ3n) is 4.28. The molecule has 3 rings (SSSR count). The molecule has 124 valence electrons. The van der Waals surface area contributed by atoms with Crippen molar-refractivity contribution in [2.75, 3.05) is 32.8 Å². The number of piperazine rings is 1. The third kappa shape index (κ3) is 4.78. The maximum atomic E-state index is 9.38. The first-order valence-electron chi connectivity index (χ1n) is 8.15. The second-order valence-corrected chi connectivity index (χ2v) is 6.93. The molecule has 0 amide bonds. The van der Waals surface area contributed by atoms with Crippen molar-refractivity contribution in [3.8, 4) is 0 Å². The number of nitrogens with zero attached hydrogens (tertiary/aromatic N) is 2. The minimum atomic E-state index is 0.252. The fourth-order valence-corrected chi connectivity index (χ4v) is 3.79. The molecule has 0 unspecified atom stereocenters. The summed E-state index contributed by atoms with van der Waals surface area (Å²) in [7, 11) is 0. The maximum Gasteiger partial charge on any atom is 0.126 e. The fourth-order valence-electron chi connectivity index (χ4n) is 3.06. The molecule has 1 fully saturated rings. The van der Waals surface area contributed by atoms with Crippen LogP contribution < -0.4 is 0 Å². The summed E-state index contributed by atoms with van der Waals surface area (Å²) in [6, 6.07) is 8.59. The Morgan fingerprint density at radius 1 is 1.30 bits per heavy atom. The van der Waals surface area contributed by atoms with Gasteiger partial charge in [0.25, 0.3) is 0 Å². The van der Waals surface area contributed by atoms with Crippen LogP contribution in [0.1, 0.15) is 17.1 Å². The van der Waals surface area contributed by atoms with E-state index in [2.05, 4.69) is 33.4 Å². The smallest absolute Gasteiger partial charge is 0.126 e. The molecular weight excluding hydrogens is 308 g/mol. The van der Waals surface area contributed by atoms with Gasteiger partial charge in [-0.1, -0.05) is 12.1 Å². The predicted molar refractivity (Wildman–Crippen MR) is 94.4 cm³/mol. The van der Waals surface area contributed by atoms with Crippen LogP contribution in [0.3, 0.4) is 0 Å². The molecule has 5 heteroatoms. The van der Waals surface area contributed by atoms with E-state index in [-0.39, 0.29) is 6.61 Å². The highest BCUT2D eigenvalue weighted by molar-refractivity contribution is 7.09. The Morgan fingerprint density at radius 3 is 3.00 bits per heavy atom. The van der Waals surface area contributed by atoms with Gasteiger partial charge in [0.05, 0.1) is 6.26 Å². The highest BCUT2D eigenvalue weighted by Crippen LogP contribution is 2.19. The van der Waals surface area contributed by atoms with Crippen molar-refractivity contribution in [1.82, 2.24) is 9.80 Å². The van der Waals surface area contributed by atoms with E-state index in [0.29, 0.717) is 6.04 Å². The van der Waals surface area contributed by atoms with Crippen molar-refractivity contribution >= 4 is 17.4 Å². The Bertz CT molecular complexity index is 580. The molecule has 23 heavy (non-hydrogen) atoms. The monoisotopic (exact) mass is 332 g/mol. The highest BCUT2D eigenvalue weighted by Gasteiger charge is 2.26. The van der Waals surface area contributed by atoms with E-state index in [9.17, 15) is 5.11 Å². The van der Waals surface area contributed by atoms with Gasteiger partial charge in [-0.05, 0) is 36.1 Å². The van der Waals surface area contributed by atoms with Crippen LogP contribution in [0.4, 0.5) is 0 Å². The lowest BCUT2D eigenvalue weighted by Crippen LogP contribution is -2.52. The van der Waals surface area contributed by atoms with Gasteiger partial charge in [0.15, 0.2) is 0 Å². The molecule has 4 nitrogen and oxygen atoms in total. The van der Waals surface area contributed by atoms with Crippen LogP contribution in [-0.4, -0.2) is 53.7 Å². The molecule has 2 aromatic rings. The van der Waals surface area contributed by atoms with E-state index in [1.54, 1.807) is 6.26 Å². The fraction of sp³-hybridized carbons (Fsp3) is 0.444. The predicted octanol–water partition coefficient (Wildman–Crippen LogP) is 2.92. The molecule has 1 N–H and O–H groups in total. The first-order valence-corrected chi connectivity index (χ1v) is 9.03. The summed E-state index contributed by atoms with van der Waals surface area (Å²) in [5, 5.41) is 11.5. The molecule has 1 aliphatic rings. The second kappa shape index (κ2) is 8.45. The summed E-state index contributed by atoms with van der Waals surface area (Å²) in [4.78, 5) is 6.36. The summed E-state index contributed by atoms with van der Waals surface area (Å²) >= 11 is 1.81. The summed E-state index contributed by atoms with van der Waals surface area (Å²) in [5.41, 5.74) is 0. The minimum absolute atomic E-state index is 0.252. The standard InChI is InChI=1S/C18H24N2O2S/c21-11-7-16-14-19(8-1-4-17-5-2-12-22-17)9-10-20(16)15-18-6-3-13-23-18/h1-6,12-13,16,21H,7-11,14-15H2/b4-1+/t16-/m0/s1. The van der Waals surface area contributed by atoms with Gasteiger partial charge in [0, 0.05) is 50.2 Å². The SMILES string of the molecule is OCC[C@H]1CN(C/C=C/c2ccco2)CCN1Cc1cccs1. The van der Waals surface area contributed by atoms with Gasteiger partial charge in [0.1, 0.15) is 5.76 Å². The quantitative estimate of drug-likeness (QED) is 0.846. The van der Waals surface area contributed by atoms with Crippen LogP contribution in [-0.2, 0) is 6.54 Å². The number of rotatable bonds is 7. The topological polar surface area (TPSA) is 39.9 Å². The summed E-state index contributed by atoms with van der Waals surface area (Å²) in [6.07, 6.45) is 6.72. The Morgan fingerprint density at radius 2 is 2.26 bits per heavy atom. The van der Waals surface area contributed by atoms with Crippen LogP contribution in [0, 0.1) is 0 Å². The van der Waals surface area contributed by atoms with Gasteiger partial charge < -0.3 is 9.52 Å². The molecular formula is C18H24N2O2S. The molecule has 0 bridgehead atoms. The number of aliphatic hydroxyl groups excluding tert-OH is 1. The van der Waals surface area contributed by atoms with Crippen LogP contribution >= 0.6 is 11.3 Å². The first-order chi connectivity index (χ1) is 11.3. The average molecular weight is 332 g/mol. The molecule has 1 saturated heterocycles. The maximum absolute atomic E-state index is 9.38. The largest absolute Gasteiger partial charge is 0.465 e. The van der Waals surface area contributed by atoms with Crippen molar-refractivity contribution in [3.63, 3.8) is 0 Å². The zero-order valence-corrected chi connectivity index (χ0v) is 14.1. The average Bonchev–Trinajstić information content (AvgIpc) is 3.24. The number of aliphatic hydroxyl groups is 1. The molecule has 2 aromatic heterocycles. The van der Waals surface area contributed by atoms with Gasteiger partial charge in [-0.2, -0.15) is 0 Å². The van der Waals surface area contributed by atoms with E-state index in [0.717, 1.165) is 44.9 Å². The number of hydrogen-bond acceptors (Lipinski definition) is 5. The van der Waals surface area contributed by atoms with E-state index < -0.39 is 0 Å². The lowest BCUT2D eigenvalue weighted by Gasteiger charge is -2.41. The number of thiophene rings is 1. The molecule has 0 spiro atoms. The zero-order valence-electron chi connectivity index (χ0n) is 13.3. The Hall–Kier alpha value is -1.40. The third-order valence-corrected chi connectivity index (χ3v) is 5.14.